The molecule has 0 aliphatic carbocycles. The molecule has 1 atom stereocenters. The van der Waals surface area contributed by atoms with Crippen molar-refractivity contribution in [2.75, 3.05) is 6.61 Å². The summed E-state index contributed by atoms with van der Waals surface area (Å²) in [6, 6.07) is 12.1. The number of rotatable bonds is 6. The summed E-state index contributed by atoms with van der Waals surface area (Å²) in [4.78, 5) is 18.6. The van der Waals surface area contributed by atoms with E-state index in [-0.39, 0.29) is 23.1 Å². The number of nitrogens with one attached hydrogen (secondary N) is 1. The van der Waals surface area contributed by atoms with Crippen molar-refractivity contribution in [3.05, 3.63) is 95.2 Å². The number of carbonyl (C=O) groups excluding carboxylic acids is 1. The largest absolute Gasteiger partial charge is 0.492 e. The molecule has 0 bridgehead atoms. The first-order valence-corrected chi connectivity index (χ1v) is 12.0. The second-order valence-corrected chi connectivity index (χ2v) is 9.53. The molecule has 0 spiro atoms. The maximum Gasteiger partial charge on any atom is 0.199 e. The van der Waals surface area contributed by atoms with Crippen molar-refractivity contribution < 1.29 is 27.4 Å². The number of aromatic amines is 1. The van der Waals surface area contributed by atoms with Crippen LogP contribution in [-0.2, 0) is 23.7 Å². The van der Waals surface area contributed by atoms with Gasteiger partial charge in [0.05, 0.1) is 22.2 Å². The fourth-order valence-electron chi connectivity index (χ4n) is 4.99. The van der Waals surface area contributed by atoms with E-state index >= 15 is 4.39 Å². The van der Waals surface area contributed by atoms with Gasteiger partial charge in [-0.1, -0.05) is 18.2 Å². The van der Waals surface area contributed by atoms with Gasteiger partial charge in [0.2, 0.25) is 0 Å². The maximum atomic E-state index is 15.0. The molecule has 5 aromatic rings. The summed E-state index contributed by atoms with van der Waals surface area (Å²) < 4.78 is 57.8. The zero-order chi connectivity index (χ0) is 26.6. The summed E-state index contributed by atoms with van der Waals surface area (Å²) >= 11 is 0. The quantitative estimate of drug-likeness (QED) is 0.272. The fourth-order valence-corrected chi connectivity index (χ4v) is 4.99. The molecular weight excluding hydrogens is 495 g/mol. The first-order valence-electron chi connectivity index (χ1n) is 12.0. The SMILES string of the molecule is Cn1cc(C2(C)COc3c(CC=O)cccc32)nc1-c1cc(Oc2c(F)cc3[nH]ccc3c2F)ccc1F. The minimum Gasteiger partial charge on any atom is -0.492 e. The van der Waals surface area contributed by atoms with Gasteiger partial charge >= 0.3 is 0 Å². The fraction of sp³-hybridized carbons (Fsp3) is 0.172. The molecular formula is C29H22F3N3O3. The second-order valence-electron chi connectivity index (χ2n) is 9.53. The van der Waals surface area contributed by atoms with Crippen LogP contribution in [0.25, 0.3) is 22.3 Å². The normalized spacial score (nSPS) is 16.4. The van der Waals surface area contributed by atoms with Gasteiger partial charge in [-0.05, 0) is 31.2 Å². The van der Waals surface area contributed by atoms with Crippen LogP contribution in [0.5, 0.6) is 17.2 Å². The van der Waals surface area contributed by atoms with Crippen LogP contribution in [0, 0.1) is 17.5 Å². The van der Waals surface area contributed by atoms with E-state index in [2.05, 4.69) is 4.98 Å². The van der Waals surface area contributed by atoms with Crippen LogP contribution in [-0.4, -0.2) is 27.4 Å². The number of fused-ring (bicyclic) bond motifs is 2. The highest BCUT2D eigenvalue weighted by atomic mass is 19.1. The van der Waals surface area contributed by atoms with Gasteiger partial charge in [-0.3, -0.25) is 0 Å². The van der Waals surface area contributed by atoms with E-state index < -0.39 is 28.6 Å². The lowest BCUT2D eigenvalue weighted by molar-refractivity contribution is -0.107. The molecule has 9 heteroatoms. The van der Waals surface area contributed by atoms with Gasteiger partial charge in [-0.15, -0.1) is 0 Å². The molecule has 0 saturated heterocycles. The first kappa shape index (κ1) is 23.8. The molecule has 0 radical (unpaired) electrons. The Hall–Kier alpha value is -4.53. The lowest BCUT2D eigenvalue weighted by atomic mass is 9.81. The molecule has 2 aromatic heterocycles. The molecule has 0 fully saturated rings. The van der Waals surface area contributed by atoms with Gasteiger partial charge in [-0.2, -0.15) is 0 Å². The van der Waals surface area contributed by atoms with Crippen molar-refractivity contribution in [3.63, 3.8) is 0 Å². The van der Waals surface area contributed by atoms with Crippen LogP contribution < -0.4 is 9.47 Å². The number of benzene rings is 3. The summed E-state index contributed by atoms with van der Waals surface area (Å²) in [7, 11) is 1.74. The van der Waals surface area contributed by atoms with Crippen molar-refractivity contribution in [1.29, 1.82) is 0 Å². The van der Waals surface area contributed by atoms with E-state index in [9.17, 15) is 13.6 Å². The minimum absolute atomic E-state index is 0.0536. The van der Waals surface area contributed by atoms with Gasteiger partial charge < -0.3 is 23.8 Å². The smallest absolute Gasteiger partial charge is 0.199 e. The lowest BCUT2D eigenvalue weighted by Gasteiger charge is -2.20. The van der Waals surface area contributed by atoms with E-state index in [1.807, 2.05) is 25.1 Å². The van der Waals surface area contributed by atoms with Crippen LogP contribution >= 0.6 is 0 Å². The van der Waals surface area contributed by atoms with Crippen molar-refractivity contribution >= 4 is 17.2 Å². The zero-order valence-corrected chi connectivity index (χ0v) is 20.5. The molecule has 1 aliphatic heterocycles. The number of hydrogen-bond acceptors (Lipinski definition) is 4. The lowest BCUT2D eigenvalue weighted by Crippen LogP contribution is -2.25. The summed E-state index contributed by atoms with van der Waals surface area (Å²) in [5.41, 5.74) is 2.12. The van der Waals surface area contributed by atoms with E-state index in [1.165, 1.54) is 30.5 Å². The summed E-state index contributed by atoms with van der Waals surface area (Å²) in [5, 5.41) is 0.182. The first-order chi connectivity index (χ1) is 18.3. The van der Waals surface area contributed by atoms with Crippen molar-refractivity contribution in [3.8, 4) is 28.6 Å². The summed E-state index contributed by atoms with van der Waals surface area (Å²) in [6.07, 6.45) is 4.37. The summed E-state index contributed by atoms with van der Waals surface area (Å²) in [6.45, 7) is 2.29. The molecule has 1 unspecified atom stereocenters. The predicted octanol–water partition coefficient (Wildman–Crippen LogP) is 6.22. The molecule has 6 rings (SSSR count). The predicted molar refractivity (Wildman–Crippen MR) is 135 cm³/mol. The number of hydrogen-bond donors (Lipinski definition) is 1. The molecule has 1 aliphatic rings. The summed E-state index contributed by atoms with van der Waals surface area (Å²) in [5.74, 6) is -1.85. The van der Waals surface area contributed by atoms with Crippen LogP contribution in [0.4, 0.5) is 13.2 Å². The van der Waals surface area contributed by atoms with Gasteiger partial charge in [0, 0.05) is 48.4 Å². The van der Waals surface area contributed by atoms with Crippen LogP contribution in [0.2, 0.25) is 0 Å². The van der Waals surface area contributed by atoms with Crippen LogP contribution in [0.1, 0.15) is 23.7 Å². The average molecular weight is 518 g/mol. The van der Waals surface area contributed by atoms with E-state index in [4.69, 9.17) is 14.5 Å². The molecule has 6 nitrogen and oxygen atoms in total. The molecule has 0 amide bonds. The third-order valence-corrected chi connectivity index (χ3v) is 7.04. The minimum atomic E-state index is -0.885. The number of H-pyrrole nitrogens is 1. The number of imidazole rings is 1. The molecule has 0 saturated carbocycles. The van der Waals surface area contributed by atoms with Crippen LogP contribution in [0.3, 0.4) is 0 Å². The number of carbonyl (C=O) groups is 1. The van der Waals surface area contributed by atoms with Crippen molar-refractivity contribution in [2.24, 2.45) is 7.05 Å². The third-order valence-electron chi connectivity index (χ3n) is 7.04. The number of aryl methyl sites for hydroxylation is 1. The Balaban J connectivity index is 1.38. The third kappa shape index (κ3) is 3.65. The maximum absolute atomic E-state index is 15.0. The Morgan fingerprint density at radius 1 is 1.16 bits per heavy atom. The molecule has 38 heavy (non-hydrogen) atoms. The zero-order valence-electron chi connectivity index (χ0n) is 20.5. The Morgan fingerprint density at radius 3 is 2.82 bits per heavy atom. The van der Waals surface area contributed by atoms with Gasteiger partial charge in [0.25, 0.3) is 0 Å². The number of halogens is 3. The monoisotopic (exact) mass is 517 g/mol. The highest BCUT2D eigenvalue weighted by molar-refractivity contribution is 5.82. The Kier molecular flexibility index (Phi) is 5.52. The molecule has 192 valence electrons. The molecule has 3 aromatic carbocycles. The Labute approximate surface area is 215 Å². The van der Waals surface area contributed by atoms with Gasteiger partial charge in [0.15, 0.2) is 17.4 Å². The molecule has 1 N–H and O–H groups in total. The molecule has 3 heterocycles. The number of aldehydes is 1. The van der Waals surface area contributed by atoms with Crippen LogP contribution in [0.15, 0.2) is 60.9 Å². The number of ether oxygens (including phenoxy) is 2. The number of nitrogens with zero attached hydrogens (tertiary/aromatic N) is 2. The highest BCUT2D eigenvalue weighted by Crippen LogP contribution is 2.45. The van der Waals surface area contributed by atoms with E-state index in [0.717, 1.165) is 23.5 Å². The number of para-hydroxylation sites is 1. The van der Waals surface area contributed by atoms with Gasteiger partial charge in [-0.25, -0.2) is 18.2 Å². The number of aromatic nitrogens is 3. The Morgan fingerprint density at radius 2 is 2.00 bits per heavy atom. The standard InChI is InChI=1S/C29H22F3N3O3/c1-29(15-37-26-16(9-11-36)4-3-5-20(26)29)24-14-35(2)28(34-24)19-12-17(6-7-21(19)30)38-27-22(31)13-23-18(25(27)32)8-10-33-23/h3-8,10-14,33H,9,15H2,1-2H3. The highest BCUT2D eigenvalue weighted by Gasteiger charge is 2.41. The van der Waals surface area contributed by atoms with Gasteiger partial charge in [0.1, 0.15) is 36.0 Å². The van der Waals surface area contributed by atoms with E-state index in [1.54, 1.807) is 17.8 Å². The second kappa shape index (κ2) is 8.79. The topological polar surface area (TPSA) is 69.1 Å². The Bertz CT molecular complexity index is 1730. The van der Waals surface area contributed by atoms with Crippen molar-refractivity contribution in [2.45, 2.75) is 18.8 Å². The average Bonchev–Trinajstić information content (AvgIpc) is 3.62. The van der Waals surface area contributed by atoms with Crippen molar-refractivity contribution in [1.82, 2.24) is 14.5 Å². The van der Waals surface area contributed by atoms with E-state index in [0.29, 0.717) is 29.4 Å².